The first-order valence-corrected chi connectivity index (χ1v) is 8.60. The molecule has 2 aromatic heterocycles. The van der Waals surface area contributed by atoms with Crippen molar-refractivity contribution in [3.8, 4) is 0 Å². The van der Waals surface area contributed by atoms with Gasteiger partial charge >= 0.3 is 0 Å². The van der Waals surface area contributed by atoms with E-state index in [0.29, 0.717) is 23.4 Å². The van der Waals surface area contributed by atoms with Crippen LogP contribution in [0.5, 0.6) is 0 Å². The van der Waals surface area contributed by atoms with Gasteiger partial charge in [-0.3, -0.25) is 4.79 Å². The third-order valence-corrected chi connectivity index (χ3v) is 4.55. The van der Waals surface area contributed by atoms with E-state index in [0.717, 1.165) is 30.5 Å². The van der Waals surface area contributed by atoms with Gasteiger partial charge in [-0.1, -0.05) is 23.7 Å². The van der Waals surface area contributed by atoms with Gasteiger partial charge in [0.25, 0.3) is 6.01 Å². The Bertz CT molecular complexity index is 860. The average molecular weight is 357 g/mol. The lowest BCUT2D eigenvalue weighted by molar-refractivity contribution is -0.120. The Morgan fingerprint density at radius 3 is 2.96 bits per heavy atom. The second-order valence-electron chi connectivity index (χ2n) is 6.10. The van der Waals surface area contributed by atoms with Crippen molar-refractivity contribution in [2.45, 2.75) is 12.8 Å². The lowest BCUT2D eigenvalue weighted by Crippen LogP contribution is -2.41. The second kappa shape index (κ2) is 6.72. The molecule has 1 fully saturated rings. The number of oxazole rings is 1. The van der Waals surface area contributed by atoms with Crippen molar-refractivity contribution in [2.24, 2.45) is 5.92 Å². The number of fused-ring (bicyclic) bond motifs is 1. The van der Waals surface area contributed by atoms with E-state index >= 15 is 0 Å². The predicted octanol–water partition coefficient (Wildman–Crippen LogP) is 3.73. The van der Waals surface area contributed by atoms with Crippen LogP contribution in [0.4, 0.5) is 11.8 Å². The van der Waals surface area contributed by atoms with Gasteiger partial charge in [0.1, 0.15) is 11.3 Å². The smallest absolute Gasteiger partial charge is 0.298 e. The molecule has 3 aromatic rings. The number of carbonyl (C=O) groups is 1. The number of para-hydroxylation sites is 2. The molecule has 0 spiro atoms. The Balaban J connectivity index is 1.46. The van der Waals surface area contributed by atoms with Gasteiger partial charge in [0, 0.05) is 19.3 Å². The number of amides is 1. The maximum atomic E-state index is 12.5. The minimum atomic E-state index is -0.138. The van der Waals surface area contributed by atoms with Gasteiger partial charge in [0.2, 0.25) is 5.91 Å². The van der Waals surface area contributed by atoms with Crippen LogP contribution in [0.1, 0.15) is 12.8 Å². The lowest BCUT2D eigenvalue weighted by Gasteiger charge is -2.30. The first-order valence-electron chi connectivity index (χ1n) is 8.22. The summed E-state index contributed by atoms with van der Waals surface area (Å²) in [5.74, 6) is 0.324. The Kier molecular flexibility index (Phi) is 4.28. The Morgan fingerprint density at radius 1 is 1.28 bits per heavy atom. The number of nitrogens with zero attached hydrogens (tertiary/aromatic N) is 3. The maximum absolute atomic E-state index is 12.5. The van der Waals surface area contributed by atoms with E-state index in [1.807, 2.05) is 29.2 Å². The minimum Gasteiger partial charge on any atom is -0.423 e. The molecule has 128 valence electrons. The quantitative estimate of drug-likeness (QED) is 0.774. The summed E-state index contributed by atoms with van der Waals surface area (Å²) in [7, 11) is 0. The molecule has 1 aliphatic heterocycles. The molecule has 1 atom stereocenters. The van der Waals surface area contributed by atoms with Crippen molar-refractivity contribution in [1.82, 2.24) is 9.97 Å². The van der Waals surface area contributed by atoms with Gasteiger partial charge < -0.3 is 14.6 Å². The molecular formula is C18H17ClN4O2. The zero-order valence-corrected chi connectivity index (χ0v) is 14.2. The monoisotopic (exact) mass is 356 g/mol. The molecule has 1 N–H and O–H groups in total. The molecule has 1 aromatic carbocycles. The highest BCUT2D eigenvalue weighted by molar-refractivity contribution is 6.30. The number of rotatable bonds is 3. The summed E-state index contributed by atoms with van der Waals surface area (Å²) >= 11 is 5.82. The number of pyridine rings is 1. The summed E-state index contributed by atoms with van der Waals surface area (Å²) in [5, 5.41) is 3.39. The molecule has 25 heavy (non-hydrogen) atoms. The number of anilines is 2. The fourth-order valence-corrected chi connectivity index (χ4v) is 3.15. The van der Waals surface area contributed by atoms with Gasteiger partial charge in [0.05, 0.1) is 10.9 Å². The van der Waals surface area contributed by atoms with Crippen molar-refractivity contribution in [2.75, 3.05) is 23.3 Å². The number of aromatic nitrogens is 2. The van der Waals surface area contributed by atoms with Crippen LogP contribution in [0, 0.1) is 5.92 Å². The molecule has 3 heterocycles. The third-order valence-electron chi connectivity index (χ3n) is 4.32. The number of hydrogen-bond acceptors (Lipinski definition) is 5. The van der Waals surface area contributed by atoms with E-state index in [2.05, 4.69) is 15.3 Å². The van der Waals surface area contributed by atoms with Crippen molar-refractivity contribution < 1.29 is 9.21 Å². The average Bonchev–Trinajstić information content (AvgIpc) is 3.08. The number of piperidine rings is 1. The minimum absolute atomic E-state index is 0.0457. The summed E-state index contributed by atoms with van der Waals surface area (Å²) in [4.78, 5) is 23.2. The van der Waals surface area contributed by atoms with Crippen LogP contribution in [0.3, 0.4) is 0 Å². The fourth-order valence-electron chi connectivity index (χ4n) is 3.04. The fraction of sp³-hybridized carbons (Fsp3) is 0.278. The van der Waals surface area contributed by atoms with Crippen molar-refractivity contribution in [3.05, 3.63) is 47.6 Å². The van der Waals surface area contributed by atoms with E-state index in [1.54, 1.807) is 12.1 Å². The van der Waals surface area contributed by atoms with Gasteiger partial charge in [-0.25, -0.2) is 4.98 Å². The summed E-state index contributed by atoms with van der Waals surface area (Å²) in [6.45, 7) is 1.40. The van der Waals surface area contributed by atoms with Crippen LogP contribution >= 0.6 is 11.6 Å². The van der Waals surface area contributed by atoms with Crippen molar-refractivity contribution >= 4 is 40.4 Å². The van der Waals surface area contributed by atoms with Crippen LogP contribution in [-0.2, 0) is 4.79 Å². The topological polar surface area (TPSA) is 71.3 Å². The molecule has 0 saturated carbocycles. The standard InChI is InChI=1S/C18H17ClN4O2/c19-13-7-8-16(20-10-13)22-17(24)12-4-3-9-23(11-12)18-21-14-5-1-2-6-15(14)25-18/h1-2,5-8,10,12H,3-4,9,11H2,(H,20,22,24). The molecule has 6 nitrogen and oxygen atoms in total. The van der Waals surface area contributed by atoms with Crippen LogP contribution in [-0.4, -0.2) is 29.0 Å². The number of hydrogen-bond donors (Lipinski definition) is 1. The van der Waals surface area contributed by atoms with Gasteiger partial charge in [-0.15, -0.1) is 0 Å². The van der Waals surface area contributed by atoms with Crippen molar-refractivity contribution in [1.29, 1.82) is 0 Å². The van der Waals surface area contributed by atoms with Gasteiger partial charge in [0.15, 0.2) is 5.58 Å². The second-order valence-corrected chi connectivity index (χ2v) is 6.54. The summed E-state index contributed by atoms with van der Waals surface area (Å²) in [6.07, 6.45) is 3.25. The third kappa shape index (κ3) is 3.44. The number of halogens is 1. The van der Waals surface area contributed by atoms with E-state index in [9.17, 15) is 4.79 Å². The number of benzene rings is 1. The first kappa shape index (κ1) is 15.9. The molecule has 0 aliphatic carbocycles. The van der Waals surface area contributed by atoms with E-state index in [-0.39, 0.29) is 11.8 Å². The van der Waals surface area contributed by atoms with E-state index < -0.39 is 0 Å². The molecule has 7 heteroatoms. The molecule has 0 bridgehead atoms. The summed E-state index contributed by atoms with van der Waals surface area (Å²) < 4.78 is 5.82. The van der Waals surface area contributed by atoms with E-state index in [4.69, 9.17) is 16.0 Å². The van der Waals surface area contributed by atoms with Crippen LogP contribution in [0.25, 0.3) is 11.1 Å². The highest BCUT2D eigenvalue weighted by Gasteiger charge is 2.28. The first-order chi connectivity index (χ1) is 12.2. The maximum Gasteiger partial charge on any atom is 0.298 e. The van der Waals surface area contributed by atoms with Crippen LogP contribution in [0.2, 0.25) is 5.02 Å². The zero-order chi connectivity index (χ0) is 17.2. The van der Waals surface area contributed by atoms with Crippen molar-refractivity contribution in [3.63, 3.8) is 0 Å². The van der Waals surface area contributed by atoms with Gasteiger partial charge in [-0.2, -0.15) is 4.98 Å². The van der Waals surface area contributed by atoms with Crippen LogP contribution in [0.15, 0.2) is 47.0 Å². The molecule has 1 amide bonds. The Labute approximate surface area is 149 Å². The SMILES string of the molecule is O=C(Nc1ccc(Cl)cn1)C1CCCN(c2nc3ccccc3o2)C1. The predicted molar refractivity (Wildman–Crippen MR) is 96.8 cm³/mol. The molecule has 1 unspecified atom stereocenters. The number of nitrogens with one attached hydrogen (secondary N) is 1. The molecule has 0 radical (unpaired) electrons. The number of carbonyl (C=O) groups excluding carboxylic acids is 1. The highest BCUT2D eigenvalue weighted by atomic mass is 35.5. The van der Waals surface area contributed by atoms with E-state index in [1.165, 1.54) is 6.20 Å². The molecule has 1 aliphatic rings. The Morgan fingerprint density at radius 2 is 2.16 bits per heavy atom. The highest BCUT2D eigenvalue weighted by Crippen LogP contribution is 2.26. The largest absolute Gasteiger partial charge is 0.423 e. The van der Waals surface area contributed by atoms with Gasteiger partial charge in [-0.05, 0) is 37.1 Å². The normalized spacial score (nSPS) is 17.6. The molecule has 1 saturated heterocycles. The Hall–Kier alpha value is -2.60. The molecular weight excluding hydrogens is 340 g/mol. The lowest BCUT2D eigenvalue weighted by atomic mass is 9.97. The zero-order valence-electron chi connectivity index (χ0n) is 13.5. The summed E-state index contributed by atoms with van der Waals surface area (Å²) in [6, 6.07) is 11.6. The molecule has 4 rings (SSSR count). The van der Waals surface area contributed by atoms with Crippen LogP contribution < -0.4 is 10.2 Å². The summed E-state index contributed by atoms with van der Waals surface area (Å²) in [5.41, 5.74) is 1.59.